The molecule has 112 valence electrons. The van der Waals surface area contributed by atoms with Gasteiger partial charge in [-0.25, -0.2) is 0 Å². The van der Waals surface area contributed by atoms with Crippen molar-refractivity contribution in [3.8, 4) is 11.5 Å². The maximum atomic E-state index is 5.39. The first-order valence-electron chi connectivity index (χ1n) is 7.01. The second kappa shape index (κ2) is 5.73. The van der Waals surface area contributed by atoms with Crippen molar-refractivity contribution < 1.29 is 14.0 Å². The lowest BCUT2D eigenvalue weighted by Gasteiger charge is -2.14. The van der Waals surface area contributed by atoms with Gasteiger partial charge in [0, 0.05) is 12.5 Å². The minimum absolute atomic E-state index is 0.279. The molecule has 0 radical (unpaired) electrons. The lowest BCUT2D eigenvalue weighted by Crippen LogP contribution is -2.17. The molecule has 0 fully saturated rings. The van der Waals surface area contributed by atoms with E-state index in [-0.39, 0.29) is 5.92 Å². The standard InChI is InChI=1S/C15H19N3O3/c1-10(2)15-16-14(21-17-15)8-18(3)7-11-4-5-12-13(6-11)20-9-19-12/h4-6,10H,7-9H2,1-3H3. The summed E-state index contributed by atoms with van der Waals surface area (Å²) in [5.41, 5.74) is 1.16. The zero-order valence-corrected chi connectivity index (χ0v) is 12.5. The van der Waals surface area contributed by atoms with Gasteiger partial charge in [0.05, 0.1) is 6.54 Å². The number of benzene rings is 1. The monoisotopic (exact) mass is 289 g/mol. The smallest absolute Gasteiger partial charge is 0.240 e. The summed E-state index contributed by atoms with van der Waals surface area (Å²) < 4.78 is 16.0. The molecule has 1 aromatic heterocycles. The van der Waals surface area contributed by atoms with Crippen LogP contribution in [-0.2, 0) is 13.1 Å². The molecule has 0 aliphatic carbocycles. The predicted octanol–water partition coefficient (Wildman–Crippen LogP) is 2.55. The summed E-state index contributed by atoms with van der Waals surface area (Å²) >= 11 is 0. The van der Waals surface area contributed by atoms with E-state index in [1.54, 1.807) is 0 Å². The first-order chi connectivity index (χ1) is 10.1. The van der Waals surface area contributed by atoms with E-state index < -0.39 is 0 Å². The Labute approximate surface area is 123 Å². The van der Waals surface area contributed by atoms with Crippen LogP contribution in [0.2, 0.25) is 0 Å². The van der Waals surface area contributed by atoms with E-state index in [0.29, 0.717) is 19.2 Å². The molecular weight excluding hydrogens is 270 g/mol. The van der Waals surface area contributed by atoms with E-state index in [1.807, 2.05) is 39.1 Å². The highest BCUT2D eigenvalue weighted by Crippen LogP contribution is 2.32. The van der Waals surface area contributed by atoms with Gasteiger partial charge in [0.25, 0.3) is 0 Å². The molecule has 0 unspecified atom stereocenters. The number of hydrogen-bond donors (Lipinski definition) is 0. The molecule has 1 aromatic carbocycles. The van der Waals surface area contributed by atoms with Crippen LogP contribution in [0.5, 0.6) is 11.5 Å². The average Bonchev–Trinajstić information content (AvgIpc) is 3.06. The molecule has 0 saturated heterocycles. The summed E-state index contributed by atoms with van der Waals surface area (Å²) in [6, 6.07) is 5.98. The number of nitrogens with zero attached hydrogens (tertiary/aromatic N) is 3. The Morgan fingerprint density at radius 1 is 1.19 bits per heavy atom. The summed E-state index contributed by atoms with van der Waals surface area (Å²) in [5.74, 6) is 3.28. The first-order valence-corrected chi connectivity index (χ1v) is 7.01. The summed E-state index contributed by atoms with van der Waals surface area (Å²) in [7, 11) is 2.02. The highest BCUT2D eigenvalue weighted by Gasteiger charge is 2.15. The molecule has 0 spiro atoms. The minimum Gasteiger partial charge on any atom is -0.454 e. The molecule has 6 nitrogen and oxygen atoms in total. The molecule has 0 atom stereocenters. The molecule has 6 heteroatoms. The van der Waals surface area contributed by atoms with Gasteiger partial charge in [-0.2, -0.15) is 4.98 Å². The number of fused-ring (bicyclic) bond motifs is 1. The lowest BCUT2D eigenvalue weighted by molar-refractivity contribution is 0.174. The van der Waals surface area contributed by atoms with Crippen LogP contribution in [0.25, 0.3) is 0 Å². The van der Waals surface area contributed by atoms with Crippen molar-refractivity contribution in [2.24, 2.45) is 0 Å². The van der Waals surface area contributed by atoms with E-state index in [2.05, 4.69) is 15.0 Å². The molecule has 1 aliphatic rings. The Morgan fingerprint density at radius 3 is 2.76 bits per heavy atom. The zero-order valence-electron chi connectivity index (χ0n) is 12.5. The molecular formula is C15H19N3O3. The topological polar surface area (TPSA) is 60.6 Å². The van der Waals surface area contributed by atoms with Gasteiger partial charge >= 0.3 is 0 Å². The van der Waals surface area contributed by atoms with Crippen molar-refractivity contribution in [3.63, 3.8) is 0 Å². The van der Waals surface area contributed by atoms with Crippen molar-refractivity contribution >= 4 is 0 Å². The van der Waals surface area contributed by atoms with Crippen molar-refractivity contribution in [1.29, 1.82) is 0 Å². The number of hydrogen-bond acceptors (Lipinski definition) is 6. The molecule has 21 heavy (non-hydrogen) atoms. The summed E-state index contributed by atoms with van der Waals surface area (Å²) in [6.07, 6.45) is 0. The van der Waals surface area contributed by atoms with Crippen LogP contribution in [0.15, 0.2) is 22.7 Å². The van der Waals surface area contributed by atoms with E-state index >= 15 is 0 Å². The number of aromatic nitrogens is 2. The highest BCUT2D eigenvalue weighted by molar-refractivity contribution is 5.44. The van der Waals surface area contributed by atoms with Gasteiger partial charge in [0.2, 0.25) is 12.7 Å². The maximum Gasteiger partial charge on any atom is 0.240 e. The molecule has 1 aliphatic heterocycles. The fourth-order valence-corrected chi connectivity index (χ4v) is 2.20. The molecule has 0 saturated carbocycles. The second-order valence-corrected chi connectivity index (χ2v) is 5.56. The van der Waals surface area contributed by atoms with Gasteiger partial charge in [-0.3, -0.25) is 4.90 Å². The Balaban J connectivity index is 1.62. The Morgan fingerprint density at radius 2 is 2.00 bits per heavy atom. The second-order valence-electron chi connectivity index (χ2n) is 5.56. The summed E-state index contributed by atoms with van der Waals surface area (Å²) in [5, 5.41) is 3.97. The van der Waals surface area contributed by atoms with Gasteiger partial charge in [-0.15, -0.1) is 0 Å². The highest BCUT2D eigenvalue weighted by atomic mass is 16.7. The zero-order chi connectivity index (χ0) is 14.8. The van der Waals surface area contributed by atoms with Crippen molar-refractivity contribution in [2.75, 3.05) is 13.8 Å². The normalized spacial score (nSPS) is 13.4. The van der Waals surface area contributed by atoms with Gasteiger partial charge in [0.15, 0.2) is 17.3 Å². The van der Waals surface area contributed by atoms with Crippen molar-refractivity contribution in [2.45, 2.75) is 32.9 Å². The van der Waals surface area contributed by atoms with Gasteiger partial charge in [-0.05, 0) is 24.7 Å². The molecule has 2 aromatic rings. The fraction of sp³-hybridized carbons (Fsp3) is 0.467. The molecule has 0 amide bonds. The molecule has 0 bridgehead atoms. The largest absolute Gasteiger partial charge is 0.454 e. The predicted molar refractivity (Wildman–Crippen MR) is 76.1 cm³/mol. The SMILES string of the molecule is CC(C)c1noc(CN(C)Cc2ccc3c(c2)OCO3)n1. The van der Waals surface area contributed by atoms with Crippen LogP contribution in [-0.4, -0.2) is 28.9 Å². The Bertz CT molecular complexity index is 624. The number of rotatable bonds is 5. The van der Waals surface area contributed by atoms with Crippen LogP contribution >= 0.6 is 0 Å². The van der Waals surface area contributed by atoms with Gasteiger partial charge < -0.3 is 14.0 Å². The molecule has 0 N–H and O–H groups in total. The van der Waals surface area contributed by atoms with E-state index in [9.17, 15) is 0 Å². The van der Waals surface area contributed by atoms with Gasteiger partial charge in [-0.1, -0.05) is 25.1 Å². The lowest BCUT2D eigenvalue weighted by atomic mass is 10.2. The average molecular weight is 289 g/mol. The van der Waals surface area contributed by atoms with Crippen LogP contribution in [0, 0.1) is 0 Å². The third kappa shape index (κ3) is 3.16. The third-order valence-electron chi connectivity index (χ3n) is 3.29. The fourth-order valence-electron chi connectivity index (χ4n) is 2.20. The van der Waals surface area contributed by atoms with Gasteiger partial charge in [0.1, 0.15) is 0 Å². The van der Waals surface area contributed by atoms with Crippen LogP contribution in [0.1, 0.15) is 37.0 Å². The Kier molecular flexibility index (Phi) is 3.79. The van der Waals surface area contributed by atoms with E-state index in [1.165, 1.54) is 0 Å². The number of ether oxygens (including phenoxy) is 2. The summed E-state index contributed by atoms with van der Waals surface area (Å²) in [4.78, 5) is 6.51. The quantitative estimate of drug-likeness (QED) is 0.843. The van der Waals surface area contributed by atoms with Crippen LogP contribution in [0.3, 0.4) is 0 Å². The molecule has 2 heterocycles. The van der Waals surface area contributed by atoms with E-state index in [4.69, 9.17) is 14.0 Å². The first kappa shape index (κ1) is 13.9. The van der Waals surface area contributed by atoms with Crippen LogP contribution < -0.4 is 9.47 Å². The third-order valence-corrected chi connectivity index (χ3v) is 3.29. The minimum atomic E-state index is 0.279. The van der Waals surface area contributed by atoms with E-state index in [0.717, 1.165) is 29.4 Å². The van der Waals surface area contributed by atoms with Crippen molar-refractivity contribution in [1.82, 2.24) is 15.0 Å². The maximum absolute atomic E-state index is 5.39. The summed E-state index contributed by atoms with van der Waals surface area (Å²) in [6.45, 7) is 5.79. The molecule has 3 rings (SSSR count). The Hall–Kier alpha value is -2.08. The van der Waals surface area contributed by atoms with Crippen molar-refractivity contribution in [3.05, 3.63) is 35.5 Å². The van der Waals surface area contributed by atoms with Crippen LogP contribution in [0.4, 0.5) is 0 Å².